The Morgan fingerprint density at radius 3 is 2.19 bits per heavy atom. The van der Waals surface area contributed by atoms with E-state index in [1.54, 1.807) is 20.8 Å². The lowest BCUT2D eigenvalue weighted by atomic mass is 9.61. The predicted octanol–water partition coefficient (Wildman–Crippen LogP) is 1.73. The minimum Gasteiger partial charge on any atom is -0.481 e. The summed E-state index contributed by atoms with van der Waals surface area (Å²) in [7, 11) is -3.61. The summed E-state index contributed by atoms with van der Waals surface area (Å²) in [5.74, 6) is -1.31. The van der Waals surface area contributed by atoms with E-state index in [9.17, 15) is 18.3 Å². The fourth-order valence-corrected chi connectivity index (χ4v) is 4.62. The lowest BCUT2D eigenvalue weighted by Crippen LogP contribution is -2.56. The summed E-state index contributed by atoms with van der Waals surface area (Å²) in [6.45, 7) is 11.0. The Balaban J connectivity index is 2.86. The van der Waals surface area contributed by atoms with Crippen LogP contribution in [-0.4, -0.2) is 31.1 Å². The van der Waals surface area contributed by atoms with Crippen LogP contribution in [0.5, 0.6) is 0 Å². The first-order valence-corrected chi connectivity index (χ1v) is 8.78. The fourth-order valence-electron chi connectivity index (χ4n) is 3.04. The number of rotatable bonds is 4. The van der Waals surface area contributed by atoms with Crippen molar-refractivity contribution < 1.29 is 18.3 Å². The molecule has 0 bridgehead atoms. The molecule has 0 saturated heterocycles. The van der Waals surface area contributed by atoms with Crippen LogP contribution in [-0.2, 0) is 15.0 Å². The number of aliphatic carboxylic acids is 1. The Bertz CT molecular complexity index is 494. The average Bonchev–Trinajstić information content (AvgIpc) is 2.20. The monoisotopic (exact) mass is 320 g/mol. The zero-order chi connectivity index (χ0) is 16.6. The first-order valence-electron chi connectivity index (χ1n) is 7.30. The Morgan fingerprint density at radius 1 is 1.24 bits per heavy atom. The summed E-state index contributed by atoms with van der Waals surface area (Å²) in [6.07, 6.45) is 1.02. The van der Waals surface area contributed by atoms with Gasteiger partial charge in [0, 0.05) is 11.6 Å². The predicted molar refractivity (Wildman–Crippen MR) is 82.0 cm³/mol. The normalized spacial score (nSPS) is 30.1. The number of carboxylic acid groups (broad SMARTS) is 1. The van der Waals surface area contributed by atoms with Crippen LogP contribution in [0.4, 0.5) is 0 Å². The number of carboxylic acids is 1. The molecular weight excluding hydrogens is 292 g/mol. The van der Waals surface area contributed by atoms with Crippen LogP contribution in [0, 0.1) is 17.3 Å². The summed E-state index contributed by atoms with van der Waals surface area (Å²) in [6, 6.07) is -0.254. The molecule has 0 spiro atoms. The molecule has 0 aliphatic heterocycles. The lowest BCUT2D eigenvalue weighted by molar-refractivity contribution is -0.150. The van der Waals surface area contributed by atoms with Crippen molar-refractivity contribution in [2.75, 3.05) is 0 Å². The van der Waals surface area contributed by atoms with E-state index in [1.807, 2.05) is 20.8 Å². The molecule has 3 unspecified atom stereocenters. The lowest BCUT2D eigenvalue weighted by Gasteiger charge is -2.46. The highest BCUT2D eigenvalue weighted by atomic mass is 32.2. The minimum atomic E-state index is -3.61. The minimum absolute atomic E-state index is 0.0658. The molecule has 0 radical (unpaired) electrons. The number of nitrogens with one attached hydrogen (secondary N) is 2. The molecule has 0 aromatic rings. The van der Waals surface area contributed by atoms with Gasteiger partial charge in [0.1, 0.15) is 0 Å². The van der Waals surface area contributed by atoms with Gasteiger partial charge in [-0.25, -0.2) is 0 Å². The highest BCUT2D eigenvalue weighted by molar-refractivity contribution is 7.87. The largest absolute Gasteiger partial charge is 0.481 e. The van der Waals surface area contributed by atoms with E-state index in [0.29, 0.717) is 12.8 Å². The van der Waals surface area contributed by atoms with Gasteiger partial charge in [0.25, 0.3) is 10.2 Å². The van der Waals surface area contributed by atoms with Crippen LogP contribution in [0.1, 0.15) is 54.4 Å². The van der Waals surface area contributed by atoms with Crippen molar-refractivity contribution in [3.05, 3.63) is 0 Å². The standard InChI is InChI=1S/C14H28N2O4S/c1-9-11(15-21(19,20)16-13(2,3)4)8-7-10(12(17)18)14(9,5)6/h9-11,15-16H,7-8H2,1-6H3,(H,17,18). The van der Waals surface area contributed by atoms with Crippen molar-refractivity contribution in [2.24, 2.45) is 17.3 Å². The second-order valence-electron chi connectivity index (χ2n) is 7.66. The van der Waals surface area contributed by atoms with Crippen LogP contribution >= 0.6 is 0 Å². The van der Waals surface area contributed by atoms with Crippen molar-refractivity contribution in [1.82, 2.24) is 9.44 Å². The molecule has 0 aromatic carbocycles. The molecule has 1 aliphatic rings. The van der Waals surface area contributed by atoms with Crippen LogP contribution in [0.15, 0.2) is 0 Å². The third-order valence-electron chi connectivity index (χ3n) is 4.49. The van der Waals surface area contributed by atoms with Crippen LogP contribution in [0.3, 0.4) is 0 Å². The molecule has 7 heteroatoms. The van der Waals surface area contributed by atoms with Gasteiger partial charge in [-0.15, -0.1) is 0 Å². The van der Waals surface area contributed by atoms with Gasteiger partial charge < -0.3 is 5.11 Å². The van der Waals surface area contributed by atoms with Gasteiger partial charge >= 0.3 is 5.97 Å². The second kappa shape index (κ2) is 5.85. The van der Waals surface area contributed by atoms with E-state index in [0.717, 1.165) is 0 Å². The Hall–Kier alpha value is -0.660. The molecule has 1 rings (SSSR count). The summed E-state index contributed by atoms with van der Waals surface area (Å²) < 4.78 is 29.5. The van der Waals surface area contributed by atoms with E-state index in [-0.39, 0.29) is 12.0 Å². The zero-order valence-electron chi connectivity index (χ0n) is 13.7. The molecule has 1 aliphatic carbocycles. The van der Waals surface area contributed by atoms with E-state index in [1.165, 1.54) is 0 Å². The van der Waals surface area contributed by atoms with Gasteiger partial charge in [-0.1, -0.05) is 20.8 Å². The topological polar surface area (TPSA) is 95.5 Å². The van der Waals surface area contributed by atoms with Gasteiger partial charge in [-0.3, -0.25) is 4.79 Å². The van der Waals surface area contributed by atoms with E-state index in [4.69, 9.17) is 0 Å². The van der Waals surface area contributed by atoms with Gasteiger partial charge in [-0.05, 0) is 44.9 Å². The first kappa shape index (κ1) is 18.4. The van der Waals surface area contributed by atoms with Crippen molar-refractivity contribution in [2.45, 2.75) is 66.0 Å². The third-order valence-corrected chi connectivity index (χ3v) is 5.98. The number of hydrogen-bond donors (Lipinski definition) is 3. The third kappa shape index (κ3) is 4.66. The number of carbonyl (C=O) groups is 1. The van der Waals surface area contributed by atoms with E-state index < -0.39 is 33.1 Å². The molecule has 0 amide bonds. The summed E-state index contributed by atoms with van der Waals surface area (Å²) in [5, 5.41) is 9.31. The summed E-state index contributed by atoms with van der Waals surface area (Å²) in [4.78, 5) is 11.3. The molecule has 21 heavy (non-hydrogen) atoms. The van der Waals surface area contributed by atoms with Crippen molar-refractivity contribution >= 4 is 16.2 Å². The van der Waals surface area contributed by atoms with E-state index in [2.05, 4.69) is 9.44 Å². The van der Waals surface area contributed by atoms with Gasteiger partial charge in [-0.2, -0.15) is 17.9 Å². The van der Waals surface area contributed by atoms with Gasteiger partial charge in [0.05, 0.1) is 5.92 Å². The average molecular weight is 320 g/mol. The van der Waals surface area contributed by atoms with Crippen LogP contribution in [0.25, 0.3) is 0 Å². The molecule has 1 fully saturated rings. The van der Waals surface area contributed by atoms with Crippen LogP contribution in [0.2, 0.25) is 0 Å². The van der Waals surface area contributed by atoms with Crippen molar-refractivity contribution in [1.29, 1.82) is 0 Å². The first-order chi connectivity index (χ1) is 9.26. The molecule has 6 nitrogen and oxygen atoms in total. The Morgan fingerprint density at radius 2 is 1.76 bits per heavy atom. The molecule has 0 aromatic heterocycles. The molecular formula is C14H28N2O4S. The highest BCUT2D eigenvalue weighted by Crippen LogP contribution is 2.45. The SMILES string of the molecule is CC1C(NS(=O)(=O)NC(C)(C)C)CCC(C(=O)O)C1(C)C. The fraction of sp³-hybridized carbons (Fsp3) is 0.929. The maximum atomic E-state index is 12.1. The summed E-state index contributed by atoms with van der Waals surface area (Å²) >= 11 is 0. The maximum absolute atomic E-state index is 12.1. The number of hydrogen-bond acceptors (Lipinski definition) is 3. The molecule has 124 valence electrons. The van der Waals surface area contributed by atoms with Crippen LogP contribution < -0.4 is 9.44 Å². The molecule has 3 N–H and O–H groups in total. The van der Waals surface area contributed by atoms with Crippen molar-refractivity contribution in [3.8, 4) is 0 Å². The summed E-state index contributed by atoms with van der Waals surface area (Å²) in [5.41, 5.74) is -1.01. The van der Waals surface area contributed by atoms with Crippen molar-refractivity contribution in [3.63, 3.8) is 0 Å². The maximum Gasteiger partial charge on any atom is 0.307 e. The smallest absolute Gasteiger partial charge is 0.307 e. The van der Waals surface area contributed by atoms with Gasteiger partial charge in [0.15, 0.2) is 0 Å². The van der Waals surface area contributed by atoms with Gasteiger partial charge in [0.2, 0.25) is 0 Å². The quantitative estimate of drug-likeness (QED) is 0.735. The highest BCUT2D eigenvalue weighted by Gasteiger charge is 2.47. The Labute approximate surface area is 127 Å². The zero-order valence-corrected chi connectivity index (χ0v) is 14.5. The molecule has 1 saturated carbocycles. The van der Waals surface area contributed by atoms with E-state index >= 15 is 0 Å². The molecule has 0 heterocycles. The second-order valence-corrected chi connectivity index (χ2v) is 9.10. The molecule has 3 atom stereocenters. The Kier molecular flexibility index (Phi) is 5.12.